The number of rotatable bonds is 83. The molecule has 104 heavy (non-hydrogen) atoms. The summed E-state index contributed by atoms with van der Waals surface area (Å²) in [4.78, 5) is 73.0. The molecular weight excluding hydrogens is 1350 g/mol. The van der Waals surface area contributed by atoms with Crippen molar-refractivity contribution >= 4 is 39.5 Å². The molecule has 0 fully saturated rings. The molecule has 3 N–H and O–H groups in total. The van der Waals surface area contributed by atoms with Crippen molar-refractivity contribution in [3.8, 4) is 0 Å². The highest BCUT2D eigenvalue weighted by atomic mass is 31.2. The molecule has 0 aromatic heterocycles. The minimum atomic E-state index is -4.96. The van der Waals surface area contributed by atoms with E-state index in [2.05, 4.69) is 48.5 Å². The summed E-state index contributed by atoms with van der Waals surface area (Å²) in [5.41, 5.74) is 0. The number of hydrogen-bond acceptors (Lipinski definition) is 15. The van der Waals surface area contributed by atoms with E-state index in [4.69, 9.17) is 37.0 Å². The van der Waals surface area contributed by atoms with Gasteiger partial charge < -0.3 is 33.8 Å². The standard InChI is InChI=1S/C85H166O17P2/c1-8-9-10-11-42-52-59-66-82(87)95-72-80(101-84(89)68-62-55-48-41-35-29-23-17-20-26-32-38-45-51-58-65-78(6)7)74-99-103(91,92)97-70-79(86)71-98-104(93,94)100-75-81(73-96-83(88)67-60-53-46-39-33-27-22-16-19-25-31-37-44-50-57-64-77(4)5)102-85(90)69-61-54-47-40-34-28-21-15-13-12-14-18-24-30-36-43-49-56-63-76(2)3/h76-81,86H,8-75H2,1-7H3,(H,91,92)(H,93,94)/t79-,80+,81+/m0/s1. The van der Waals surface area contributed by atoms with Crippen molar-refractivity contribution in [2.45, 2.75) is 465 Å². The topological polar surface area (TPSA) is 237 Å². The number of carbonyl (C=O) groups is 4. The van der Waals surface area contributed by atoms with Crippen molar-refractivity contribution in [1.82, 2.24) is 0 Å². The molecule has 0 bridgehead atoms. The molecule has 0 aliphatic rings. The number of ether oxygens (including phenoxy) is 4. The lowest BCUT2D eigenvalue weighted by molar-refractivity contribution is -0.161. The van der Waals surface area contributed by atoms with E-state index in [1.807, 2.05) is 0 Å². The van der Waals surface area contributed by atoms with Crippen LogP contribution in [0.15, 0.2) is 0 Å². The number of phosphoric ester groups is 2. The molecule has 0 aromatic rings. The predicted octanol–water partition coefficient (Wildman–Crippen LogP) is 25.7. The Morgan fingerprint density at radius 3 is 0.654 bits per heavy atom. The van der Waals surface area contributed by atoms with E-state index in [9.17, 15) is 43.2 Å². The second-order valence-electron chi connectivity index (χ2n) is 32.0. The summed E-state index contributed by atoms with van der Waals surface area (Å²) in [6.07, 6.45) is 65.4. The van der Waals surface area contributed by atoms with Crippen LogP contribution in [0.25, 0.3) is 0 Å². The quantitative estimate of drug-likeness (QED) is 0.0222. The zero-order valence-electron chi connectivity index (χ0n) is 68.5. The van der Waals surface area contributed by atoms with E-state index in [-0.39, 0.29) is 25.7 Å². The zero-order chi connectivity index (χ0) is 76.5. The molecule has 0 aromatic carbocycles. The Bertz CT molecular complexity index is 2010. The van der Waals surface area contributed by atoms with Gasteiger partial charge in [-0.15, -0.1) is 0 Å². The highest BCUT2D eigenvalue weighted by Crippen LogP contribution is 2.45. The van der Waals surface area contributed by atoms with Gasteiger partial charge in [-0.25, -0.2) is 9.13 Å². The summed E-state index contributed by atoms with van der Waals surface area (Å²) in [6, 6.07) is 0. The van der Waals surface area contributed by atoms with Crippen LogP contribution in [-0.2, 0) is 65.4 Å². The fourth-order valence-corrected chi connectivity index (χ4v) is 14.8. The summed E-state index contributed by atoms with van der Waals surface area (Å²) in [5, 5.41) is 10.6. The third-order valence-corrected chi connectivity index (χ3v) is 21.8. The van der Waals surface area contributed by atoms with Gasteiger partial charge in [-0.1, -0.05) is 395 Å². The maximum absolute atomic E-state index is 13.1. The van der Waals surface area contributed by atoms with E-state index in [0.717, 1.165) is 120 Å². The highest BCUT2D eigenvalue weighted by Gasteiger charge is 2.30. The van der Waals surface area contributed by atoms with E-state index < -0.39 is 97.5 Å². The number of hydrogen-bond donors (Lipinski definition) is 3. The third-order valence-electron chi connectivity index (χ3n) is 19.9. The Hall–Kier alpha value is -1.94. The lowest BCUT2D eigenvalue weighted by Gasteiger charge is -2.21. The number of aliphatic hydroxyl groups excluding tert-OH is 1. The van der Waals surface area contributed by atoms with Crippen molar-refractivity contribution in [1.29, 1.82) is 0 Å². The zero-order valence-corrected chi connectivity index (χ0v) is 70.3. The van der Waals surface area contributed by atoms with Crippen LogP contribution >= 0.6 is 15.6 Å². The molecule has 0 radical (unpaired) electrons. The Morgan fingerprint density at radius 1 is 0.260 bits per heavy atom. The molecule has 0 rings (SSSR count). The van der Waals surface area contributed by atoms with E-state index in [1.54, 1.807) is 0 Å². The van der Waals surface area contributed by atoms with Crippen LogP contribution in [-0.4, -0.2) is 96.7 Å². The lowest BCUT2D eigenvalue weighted by Crippen LogP contribution is -2.30. The first kappa shape index (κ1) is 102. The normalized spacial score (nSPS) is 13.9. The molecular formula is C85H166O17P2. The van der Waals surface area contributed by atoms with Crippen LogP contribution in [0.4, 0.5) is 0 Å². The van der Waals surface area contributed by atoms with Crippen LogP contribution in [0.5, 0.6) is 0 Å². The number of carbonyl (C=O) groups excluding carboxylic acids is 4. The first-order valence-electron chi connectivity index (χ1n) is 43.8. The fourth-order valence-electron chi connectivity index (χ4n) is 13.2. The van der Waals surface area contributed by atoms with Gasteiger partial charge in [-0.2, -0.15) is 0 Å². The average Bonchev–Trinajstić information content (AvgIpc) is 0.905. The summed E-state index contributed by atoms with van der Waals surface area (Å²) < 4.78 is 68.7. The second kappa shape index (κ2) is 75.1. The second-order valence-corrected chi connectivity index (χ2v) is 34.9. The summed E-state index contributed by atoms with van der Waals surface area (Å²) in [5.74, 6) is 0.319. The molecule has 618 valence electrons. The van der Waals surface area contributed by atoms with Gasteiger partial charge in [0.25, 0.3) is 0 Å². The van der Waals surface area contributed by atoms with Crippen LogP contribution in [0, 0.1) is 17.8 Å². The van der Waals surface area contributed by atoms with E-state index in [1.165, 1.54) is 244 Å². The van der Waals surface area contributed by atoms with Crippen molar-refractivity contribution in [3.63, 3.8) is 0 Å². The van der Waals surface area contributed by atoms with Crippen molar-refractivity contribution < 1.29 is 80.2 Å². The maximum atomic E-state index is 13.1. The third kappa shape index (κ3) is 78.2. The van der Waals surface area contributed by atoms with Gasteiger partial charge in [-0.05, 0) is 43.4 Å². The molecule has 2 unspecified atom stereocenters. The van der Waals surface area contributed by atoms with Gasteiger partial charge in [0, 0.05) is 25.7 Å². The Morgan fingerprint density at radius 2 is 0.442 bits per heavy atom. The molecule has 0 aliphatic heterocycles. The molecule has 0 saturated heterocycles. The molecule has 0 aliphatic carbocycles. The first-order valence-corrected chi connectivity index (χ1v) is 46.8. The lowest BCUT2D eigenvalue weighted by atomic mass is 10.0. The Kier molecular flexibility index (Phi) is 73.7. The number of esters is 4. The minimum Gasteiger partial charge on any atom is -0.462 e. The van der Waals surface area contributed by atoms with E-state index >= 15 is 0 Å². The maximum Gasteiger partial charge on any atom is 0.472 e. The van der Waals surface area contributed by atoms with Gasteiger partial charge >= 0.3 is 39.5 Å². The van der Waals surface area contributed by atoms with E-state index in [0.29, 0.717) is 25.7 Å². The fraction of sp³-hybridized carbons (Fsp3) is 0.953. The van der Waals surface area contributed by atoms with Gasteiger partial charge in [0.2, 0.25) is 0 Å². The van der Waals surface area contributed by atoms with Crippen LogP contribution in [0.1, 0.15) is 447 Å². The molecule has 0 amide bonds. The monoisotopic (exact) mass is 1520 g/mol. The highest BCUT2D eigenvalue weighted by molar-refractivity contribution is 7.47. The number of phosphoric acid groups is 2. The summed E-state index contributed by atoms with van der Waals surface area (Å²) in [6.45, 7) is 12.0. The van der Waals surface area contributed by atoms with Crippen molar-refractivity contribution in [3.05, 3.63) is 0 Å². The first-order chi connectivity index (χ1) is 50.2. The van der Waals surface area contributed by atoms with Crippen molar-refractivity contribution in [2.75, 3.05) is 39.6 Å². The van der Waals surface area contributed by atoms with Crippen LogP contribution < -0.4 is 0 Å². The van der Waals surface area contributed by atoms with Crippen LogP contribution in [0.3, 0.4) is 0 Å². The van der Waals surface area contributed by atoms with Crippen molar-refractivity contribution in [2.24, 2.45) is 17.8 Å². The largest absolute Gasteiger partial charge is 0.472 e. The predicted molar refractivity (Wildman–Crippen MR) is 428 cm³/mol. The average molecular weight is 1520 g/mol. The molecule has 0 spiro atoms. The van der Waals surface area contributed by atoms with Gasteiger partial charge in [0.1, 0.15) is 19.3 Å². The van der Waals surface area contributed by atoms with Gasteiger partial charge in [-0.3, -0.25) is 37.3 Å². The molecule has 0 saturated carbocycles. The Labute approximate surface area is 638 Å². The smallest absolute Gasteiger partial charge is 0.462 e. The summed E-state index contributed by atoms with van der Waals surface area (Å²) in [7, 11) is -9.92. The summed E-state index contributed by atoms with van der Waals surface area (Å²) >= 11 is 0. The molecule has 17 nitrogen and oxygen atoms in total. The molecule has 5 atom stereocenters. The molecule has 0 heterocycles. The number of unbranched alkanes of at least 4 members (excludes halogenated alkanes) is 51. The number of aliphatic hydroxyl groups is 1. The molecule has 19 heteroatoms. The SMILES string of the molecule is CCCCCCCCCC(=O)OC[C@H](COP(=O)(O)OC[C@H](O)COP(=O)(O)OC[C@@H](COC(=O)CCCCCCCCCCCCCCCCCC(C)C)OC(=O)CCCCCCCCCCCCCCCCCCCCC(C)C)OC(=O)CCCCCCCCCCCCCCCCCC(C)C. The van der Waals surface area contributed by atoms with Gasteiger partial charge in [0.15, 0.2) is 12.2 Å². The van der Waals surface area contributed by atoms with Crippen LogP contribution in [0.2, 0.25) is 0 Å². The van der Waals surface area contributed by atoms with Gasteiger partial charge in [0.05, 0.1) is 26.4 Å². The Balaban J connectivity index is 5.16. The minimum absolute atomic E-state index is 0.107.